The van der Waals surface area contributed by atoms with E-state index >= 15 is 0 Å². The molecule has 0 heterocycles. The Morgan fingerprint density at radius 2 is 1.26 bits per heavy atom. The maximum atomic E-state index is 5.72. The Bertz CT molecular complexity index is 835. The van der Waals surface area contributed by atoms with Crippen molar-refractivity contribution in [2.24, 2.45) is 0 Å². The van der Waals surface area contributed by atoms with Gasteiger partial charge in [0.05, 0.1) is 0 Å². The van der Waals surface area contributed by atoms with Gasteiger partial charge in [-0.25, -0.2) is 0 Å². The first kappa shape index (κ1) is 19.6. The second-order valence-corrected chi connectivity index (χ2v) is 7.74. The first-order chi connectivity index (χ1) is 13.2. The summed E-state index contributed by atoms with van der Waals surface area (Å²) >= 11 is 9.22. The van der Waals surface area contributed by atoms with Crippen LogP contribution in [0.1, 0.15) is 16.7 Å². The van der Waals surface area contributed by atoms with E-state index in [1.165, 1.54) is 16.7 Å². The van der Waals surface area contributed by atoms with Gasteiger partial charge >= 0.3 is 0 Å². The molecule has 0 aliphatic carbocycles. The summed E-state index contributed by atoms with van der Waals surface area (Å²) in [6.45, 7) is 2.39. The molecule has 0 atom stereocenters. The zero-order valence-electron chi connectivity index (χ0n) is 15.1. The lowest BCUT2D eigenvalue weighted by Crippen LogP contribution is -2.39. The fraction of sp³-hybridized carbons (Fsp3) is 0.174. The Labute approximate surface area is 175 Å². The average Bonchev–Trinajstić information content (AvgIpc) is 2.70. The molecule has 3 aromatic rings. The minimum absolute atomic E-state index is 0.777. The summed E-state index contributed by atoms with van der Waals surface area (Å²) in [5, 5.41) is 4.22. The SMILES string of the molecule is S=C(NCCc1ccccc1)N(Cc1ccccc1)Cc1ccc(Br)cc1. The normalized spacial score (nSPS) is 10.4. The van der Waals surface area contributed by atoms with Gasteiger partial charge in [0.1, 0.15) is 0 Å². The monoisotopic (exact) mass is 438 g/mol. The van der Waals surface area contributed by atoms with Gasteiger partial charge in [-0.2, -0.15) is 0 Å². The summed E-state index contributed by atoms with van der Waals surface area (Å²) in [6, 6.07) is 29.3. The molecule has 0 radical (unpaired) electrons. The summed E-state index contributed by atoms with van der Waals surface area (Å²) in [5.74, 6) is 0. The van der Waals surface area contributed by atoms with Crippen LogP contribution in [0.2, 0.25) is 0 Å². The molecule has 1 N–H and O–H groups in total. The van der Waals surface area contributed by atoms with Crippen LogP contribution in [0.25, 0.3) is 0 Å². The molecule has 3 rings (SSSR count). The predicted molar refractivity (Wildman–Crippen MR) is 121 cm³/mol. The third-order valence-electron chi connectivity index (χ3n) is 4.32. The number of halogens is 1. The zero-order valence-corrected chi connectivity index (χ0v) is 17.5. The van der Waals surface area contributed by atoms with Crippen LogP contribution in [0.3, 0.4) is 0 Å². The van der Waals surface area contributed by atoms with Crippen LogP contribution < -0.4 is 5.32 Å². The van der Waals surface area contributed by atoms with Crippen molar-refractivity contribution in [3.63, 3.8) is 0 Å². The quantitative estimate of drug-likeness (QED) is 0.485. The van der Waals surface area contributed by atoms with E-state index < -0.39 is 0 Å². The molecule has 0 fully saturated rings. The Balaban J connectivity index is 1.64. The van der Waals surface area contributed by atoms with Crippen LogP contribution in [0.4, 0.5) is 0 Å². The minimum Gasteiger partial charge on any atom is -0.362 e. The van der Waals surface area contributed by atoms with Gasteiger partial charge in [0, 0.05) is 24.1 Å². The highest BCUT2D eigenvalue weighted by molar-refractivity contribution is 9.10. The van der Waals surface area contributed by atoms with Gasteiger partial charge in [0.25, 0.3) is 0 Å². The fourth-order valence-electron chi connectivity index (χ4n) is 2.88. The lowest BCUT2D eigenvalue weighted by molar-refractivity contribution is 0.399. The lowest BCUT2D eigenvalue weighted by Gasteiger charge is -2.26. The molecule has 0 aromatic heterocycles. The topological polar surface area (TPSA) is 15.3 Å². The minimum atomic E-state index is 0.777. The molecule has 0 saturated heterocycles. The van der Waals surface area contributed by atoms with Gasteiger partial charge < -0.3 is 10.2 Å². The zero-order chi connectivity index (χ0) is 18.9. The molecule has 0 amide bonds. The van der Waals surface area contributed by atoms with Crippen LogP contribution in [0.5, 0.6) is 0 Å². The van der Waals surface area contributed by atoms with Crippen molar-refractivity contribution in [3.8, 4) is 0 Å². The van der Waals surface area contributed by atoms with Crippen LogP contribution in [-0.2, 0) is 19.5 Å². The predicted octanol–water partition coefficient (Wildman–Crippen LogP) is 5.57. The Hall–Kier alpha value is -2.17. The first-order valence-corrected chi connectivity index (χ1v) is 10.3. The van der Waals surface area contributed by atoms with Crippen molar-refractivity contribution in [3.05, 3.63) is 106 Å². The molecule has 0 unspecified atom stereocenters. The number of hydrogen-bond acceptors (Lipinski definition) is 1. The van der Waals surface area contributed by atoms with E-state index in [1.54, 1.807) is 0 Å². The second-order valence-electron chi connectivity index (χ2n) is 6.44. The van der Waals surface area contributed by atoms with Crippen molar-refractivity contribution >= 4 is 33.3 Å². The standard InChI is InChI=1S/C23H23BrN2S/c24-22-13-11-21(12-14-22)18-26(17-20-9-5-2-6-10-20)23(27)25-16-15-19-7-3-1-4-8-19/h1-14H,15-18H2,(H,25,27). The van der Waals surface area contributed by atoms with Gasteiger partial charge in [-0.15, -0.1) is 0 Å². The molecular formula is C23H23BrN2S. The van der Waals surface area contributed by atoms with Gasteiger partial charge in [-0.1, -0.05) is 88.7 Å². The maximum Gasteiger partial charge on any atom is 0.169 e. The van der Waals surface area contributed by atoms with Gasteiger partial charge in [0.15, 0.2) is 5.11 Å². The molecule has 4 heteroatoms. The van der Waals surface area contributed by atoms with Crippen LogP contribution in [-0.4, -0.2) is 16.6 Å². The number of rotatable bonds is 7. The van der Waals surface area contributed by atoms with Crippen molar-refractivity contribution < 1.29 is 0 Å². The Morgan fingerprint density at radius 1 is 0.741 bits per heavy atom. The summed E-state index contributed by atoms with van der Waals surface area (Å²) in [6.07, 6.45) is 0.957. The van der Waals surface area contributed by atoms with Gasteiger partial charge in [0.2, 0.25) is 0 Å². The summed E-state index contributed by atoms with van der Waals surface area (Å²) in [4.78, 5) is 2.22. The van der Waals surface area contributed by atoms with Crippen LogP contribution >= 0.6 is 28.1 Å². The third kappa shape index (κ3) is 6.49. The van der Waals surface area contributed by atoms with Crippen molar-refractivity contribution in [1.29, 1.82) is 0 Å². The third-order valence-corrected chi connectivity index (χ3v) is 5.25. The Morgan fingerprint density at radius 3 is 1.85 bits per heavy atom. The van der Waals surface area contributed by atoms with E-state index in [4.69, 9.17) is 12.2 Å². The van der Waals surface area contributed by atoms with E-state index in [2.05, 4.69) is 98.9 Å². The number of nitrogens with one attached hydrogen (secondary N) is 1. The summed E-state index contributed by atoms with van der Waals surface area (Å²) in [7, 11) is 0. The largest absolute Gasteiger partial charge is 0.362 e. The highest BCUT2D eigenvalue weighted by Crippen LogP contribution is 2.14. The molecule has 0 saturated carbocycles. The number of benzene rings is 3. The summed E-state index contributed by atoms with van der Waals surface area (Å²) < 4.78 is 1.09. The van der Waals surface area contributed by atoms with Crippen molar-refractivity contribution in [2.75, 3.05) is 6.54 Å². The van der Waals surface area contributed by atoms with E-state index in [-0.39, 0.29) is 0 Å². The molecule has 2 nitrogen and oxygen atoms in total. The van der Waals surface area contributed by atoms with Crippen LogP contribution in [0, 0.1) is 0 Å². The lowest BCUT2D eigenvalue weighted by atomic mass is 10.1. The van der Waals surface area contributed by atoms with Crippen molar-refractivity contribution in [1.82, 2.24) is 10.2 Å². The molecule has 138 valence electrons. The van der Waals surface area contributed by atoms with E-state index in [9.17, 15) is 0 Å². The van der Waals surface area contributed by atoms with E-state index in [1.807, 2.05) is 12.1 Å². The van der Waals surface area contributed by atoms with Crippen LogP contribution in [0.15, 0.2) is 89.4 Å². The molecular weight excluding hydrogens is 416 g/mol. The molecule has 0 aliphatic rings. The average molecular weight is 439 g/mol. The smallest absolute Gasteiger partial charge is 0.169 e. The van der Waals surface area contributed by atoms with E-state index in [0.29, 0.717) is 0 Å². The highest BCUT2D eigenvalue weighted by Gasteiger charge is 2.11. The second kappa shape index (κ2) is 10.2. The molecule has 3 aromatic carbocycles. The fourth-order valence-corrected chi connectivity index (χ4v) is 3.38. The number of thiocarbonyl (C=S) groups is 1. The molecule has 0 spiro atoms. The maximum absolute atomic E-state index is 5.72. The van der Waals surface area contributed by atoms with Crippen molar-refractivity contribution in [2.45, 2.75) is 19.5 Å². The van der Waals surface area contributed by atoms with E-state index in [0.717, 1.165) is 35.6 Å². The highest BCUT2D eigenvalue weighted by atomic mass is 79.9. The first-order valence-electron chi connectivity index (χ1n) is 9.06. The molecule has 0 aliphatic heterocycles. The number of nitrogens with zero attached hydrogens (tertiary/aromatic N) is 1. The van der Waals surface area contributed by atoms with Gasteiger partial charge in [-0.05, 0) is 47.5 Å². The number of hydrogen-bond donors (Lipinski definition) is 1. The summed E-state index contributed by atoms with van der Waals surface area (Å²) in [5.41, 5.74) is 3.80. The molecule has 0 bridgehead atoms. The Kier molecular flexibility index (Phi) is 7.43. The molecule has 27 heavy (non-hydrogen) atoms. The van der Waals surface area contributed by atoms with Gasteiger partial charge in [-0.3, -0.25) is 0 Å².